The third-order valence-corrected chi connectivity index (χ3v) is 3.19. The highest BCUT2D eigenvalue weighted by atomic mass is 16.2. The van der Waals surface area contributed by atoms with Crippen LogP contribution in [0.4, 0.5) is 0 Å². The lowest BCUT2D eigenvalue weighted by atomic mass is 10.2. The van der Waals surface area contributed by atoms with Crippen molar-refractivity contribution in [2.24, 2.45) is 0 Å². The van der Waals surface area contributed by atoms with Gasteiger partial charge in [-0.2, -0.15) is 0 Å². The summed E-state index contributed by atoms with van der Waals surface area (Å²) in [6.45, 7) is 4.14. The Hall–Kier alpha value is -0.570. The number of hydrogen-bond acceptors (Lipinski definition) is 2. The van der Waals surface area contributed by atoms with Gasteiger partial charge in [0.1, 0.15) is 0 Å². The van der Waals surface area contributed by atoms with E-state index in [4.69, 9.17) is 0 Å². The molecule has 3 nitrogen and oxygen atoms in total. The lowest BCUT2D eigenvalue weighted by Gasteiger charge is -2.24. The highest BCUT2D eigenvalue weighted by Crippen LogP contribution is 2.19. The summed E-state index contributed by atoms with van der Waals surface area (Å²) in [4.78, 5) is 14.0. The summed E-state index contributed by atoms with van der Waals surface area (Å²) >= 11 is 0. The molecule has 2 heterocycles. The maximum Gasteiger partial charge on any atom is 0.239 e. The van der Waals surface area contributed by atoms with Crippen LogP contribution in [0.15, 0.2) is 0 Å². The predicted octanol–water partition coefficient (Wildman–Crippen LogP) is 0.749. The van der Waals surface area contributed by atoms with Gasteiger partial charge in [0.25, 0.3) is 0 Å². The molecule has 0 aromatic heterocycles. The quantitative estimate of drug-likeness (QED) is 0.649. The molecule has 0 aromatic rings. The molecule has 2 rings (SSSR count). The van der Waals surface area contributed by atoms with Crippen LogP contribution in [0.3, 0.4) is 0 Å². The van der Waals surface area contributed by atoms with Crippen molar-refractivity contribution in [1.29, 1.82) is 0 Å². The van der Waals surface area contributed by atoms with Crippen molar-refractivity contribution in [3.63, 3.8) is 0 Å². The molecule has 0 unspecified atom stereocenters. The van der Waals surface area contributed by atoms with Crippen LogP contribution in [0.2, 0.25) is 0 Å². The lowest BCUT2D eigenvalue weighted by Crippen LogP contribution is -2.44. The minimum absolute atomic E-state index is 0.126. The number of nitrogens with zero attached hydrogens (tertiary/aromatic N) is 1. The van der Waals surface area contributed by atoms with E-state index in [1.165, 1.54) is 12.8 Å². The van der Waals surface area contributed by atoms with Crippen molar-refractivity contribution in [1.82, 2.24) is 10.2 Å². The molecular formula is C10H18N2O. The Bertz CT molecular complexity index is 199. The van der Waals surface area contributed by atoms with E-state index >= 15 is 0 Å². The Kier molecular flexibility index (Phi) is 2.54. The summed E-state index contributed by atoms with van der Waals surface area (Å²) in [5, 5.41) is 3.26. The maximum atomic E-state index is 11.9. The minimum atomic E-state index is 0.126. The first-order valence-electron chi connectivity index (χ1n) is 5.33. The molecule has 2 saturated heterocycles. The van der Waals surface area contributed by atoms with Gasteiger partial charge in [0.05, 0.1) is 6.04 Å². The summed E-state index contributed by atoms with van der Waals surface area (Å²) in [5.41, 5.74) is 0. The van der Waals surface area contributed by atoms with Crippen LogP contribution in [0.25, 0.3) is 0 Å². The van der Waals surface area contributed by atoms with Gasteiger partial charge in [0, 0.05) is 12.6 Å². The largest absolute Gasteiger partial charge is 0.339 e. The first-order valence-corrected chi connectivity index (χ1v) is 5.33. The molecule has 13 heavy (non-hydrogen) atoms. The van der Waals surface area contributed by atoms with Gasteiger partial charge >= 0.3 is 0 Å². The molecule has 1 N–H and O–H groups in total. The first kappa shape index (κ1) is 9.00. The summed E-state index contributed by atoms with van der Waals surface area (Å²) in [6, 6.07) is 0.593. The van der Waals surface area contributed by atoms with E-state index in [0.717, 1.165) is 25.9 Å². The zero-order valence-electron chi connectivity index (χ0n) is 8.25. The van der Waals surface area contributed by atoms with Crippen LogP contribution in [-0.4, -0.2) is 36.0 Å². The van der Waals surface area contributed by atoms with Gasteiger partial charge in [0.15, 0.2) is 0 Å². The van der Waals surface area contributed by atoms with Crippen LogP contribution in [-0.2, 0) is 4.79 Å². The molecule has 0 spiro atoms. The van der Waals surface area contributed by atoms with Gasteiger partial charge in [-0.1, -0.05) is 0 Å². The number of carbonyl (C=O) groups is 1. The zero-order chi connectivity index (χ0) is 9.26. The Morgan fingerprint density at radius 1 is 1.38 bits per heavy atom. The molecule has 2 fully saturated rings. The van der Waals surface area contributed by atoms with Crippen LogP contribution < -0.4 is 5.32 Å². The fourth-order valence-electron chi connectivity index (χ4n) is 2.36. The van der Waals surface area contributed by atoms with E-state index in [9.17, 15) is 4.79 Å². The van der Waals surface area contributed by atoms with Crippen molar-refractivity contribution in [2.45, 2.75) is 44.7 Å². The smallest absolute Gasteiger partial charge is 0.239 e. The Labute approximate surface area is 79.5 Å². The number of amides is 1. The van der Waals surface area contributed by atoms with Crippen molar-refractivity contribution in [3.05, 3.63) is 0 Å². The number of hydrogen-bond donors (Lipinski definition) is 1. The van der Waals surface area contributed by atoms with Crippen LogP contribution in [0.1, 0.15) is 32.6 Å². The molecule has 0 aromatic carbocycles. The monoisotopic (exact) mass is 182 g/mol. The zero-order valence-corrected chi connectivity index (χ0v) is 8.25. The normalized spacial score (nSPS) is 34.1. The summed E-state index contributed by atoms with van der Waals surface area (Å²) < 4.78 is 0. The highest BCUT2D eigenvalue weighted by Gasteiger charge is 2.31. The average molecular weight is 182 g/mol. The second kappa shape index (κ2) is 3.66. The Morgan fingerprint density at radius 3 is 2.77 bits per heavy atom. The van der Waals surface area contributed by atoms with Gasteiger partial charge in [-0.05, 0) is 39.2 Å². The molecule has 2 aliphatic rings. The fraction of sp³-hybridized carbons (Fsp3) is 0.900. The maximum absolute atomic E-state index is 11.9. The number of likely N-dealkylation sites (tertiary alicyclic amines) is 1. The van der Waals surface area contributed by atoms with Crippen molar-refractivity contribution in [2.75, 3.05) is 13.1 Å². The molecule has 1 amide bonds. The van der Waals surface area contributed by atoms with Crippen molar-refractivity contribution >= 4 is 5.91 Å². The average Bonchev–Trinajstić information content (AvgIpc) is 2.72. The summed E-state index contributed by atoms with van der Waals surface area (Å²) in [5.74, 6) is 0.336. The van der Waals surface area contributed by atoms with Gasteiger partial charge in [-0.15, -0.1) is 0 Å². The molecule has 0 radical (unpaired) electrons. The SMILES string of the molecule is C[C@@H]1CCCN1C(=O)[C@@H]1CCCN1. The molecule has 3 heteroatoms. The molecule has 0 aliphatic carbocycles. The van der Waals surface area contributed by atoms with E-state index in [2.05, 4.69) is 12.2 Å². The number of nitrogens with one attached hydrogen (secondary N) is 1. The fourth-order valence-corrected chi connectivity index (χ4v) is 2.36. The molecule has 0 bridgehead atoms. The minimum Gasteiger partial charge on any atom is -0.339 e. The molecular weight excluding hydrogens is 164 g/mol. The third-order valence-electron chi connectivity index (χ3n) is 3.19. The Balaban J connectivity index is 1.95. The second-order valence-electron chi connectivity index (χ2n) is 4.17. The summed E-state index contributed by atoms with van der Waals surface area (Å²) in [6.07, 6.45) is 4.54. The standard InChI is InChI=1S/C10H18N2O/c1-8-4-3-7-12(8)10(13)9-5-2-6-11-9/h8-9,11H,2-7H2,1H3/t8-,9+/m1/s1. The number of rotatable bonds is 1. The topological polar surface area (TPSA) is 32.3 Å². The van der Waals surface area contributed by atoms with Crippen LogP contribution in [0, 0.1) is 0 Å². The lowest BCUT2D eigenvalue weighted by molar-refractivity contribution is -0.133. The molecule has 2 atom stereocenters. The van der Waals surface area contributed by atoms with Gasteiger partial charge in [-0.3, -0.25) is 4.79 Å². The van der Waals surface area contributed by atoms with Crippen LogP contribution in [0.5, 0.6) is 0 Å². The van der Waals surface area contributed by atoms with Crippen molar-refractivity contribution in [3.8, 4) is 0 Å². The van der Waals surface area contributed by atoms with Gasteiger partial charge < -0.3 is 10.2 Å². The summed E-state index contributed by atoms with van der Waals surface area (Å²) in [7, 11) is 0. The number of carbonyl (C=O) groups excluding carboxylic acids is 1. The second-order valence-corrected chi connectivity index (χ2v) is 4.17. The predicted molar refractivity (Wildman–Crippen MR) is 51.4 cm³/mol. The van der Waals surface area contributed by atoms with Gasteiger partial charge in [0.2, 0.25) is 5.91 Å². The van der Waals surface area contributed by atoms with E-state index < -0.39 is 0 Å². The van der Waals surface area contributed by atoms with E-state index in [1.54, 1.807) is 0 Å². The molecule has 2 aliphatic heterocycles. The van der Waals surface area contributed by atoms with Crippen LogP contribution >= 0.6 is 0 Å². The third kappa shape index (κ3) is 1.70. The van der Waals surface area contributed by atoms with E-state index in [1.807, 2.05) is 4.90 Å². The Morgan fingerprint density at radius 2 is 2.23 bits per heavy atom. The highest BCUT2D eigenvalue weighted by molar-refractivity contribution is 5.82. The first-order chi connectivity index (χ1) is 6.29. The molecule has 0 saturated carbocycles. The molecule has 74 valence electrons. The van der Waals surface area contributed by atoms with Gasteiger partial charge in [-0.25, -0.2) is 0 Å². The van der Waals surface area contributed by atoms with E-state index in [-0.39, 0.29) is 6.04 Å². The van der Waals surface area contributed by atoms with Crippen molar-refractivity contribution < 1.29 is 4.79 Å². The van der Waals surface area contributed by atoms with E-state index in [0.29, 0.717) is 11.9 Å².